The summed E-state index contributed by atoms with van der Waals surface area (Å²) in [7, 11) is 0. The van der Waals surface area contributed by atoms with Gasteiger partial charge in [-0.05, 0) is 19.3 Å². The molecule has 3 atom stereocenters. The zero-order valence-corrected chi connectivity index (χ0v) is 10.2. The van der Waals surface area contributed by atoms with Crippen molar-refractivity contribution in [3.05, 3.63) is 0 Å². The minimum Gasteiger partial charge on any atom is -0.378 e. The van der Waals surface area contributed by atoms with Crippen LogP contribution in [-0.2, 0) is 9.53 Å². The first kappa shape index (κ1) is 13.0. The summed E-state index contributed by atoms with van der Waals surface area (Å²) < 4.78 is 5.42. The van der Waals surface area contributed by atoms with Gasteiger partial charge in [0.25, 0.3) is 0 Å². The largest absolute Gasteiger partial charge is 0.378 e. The molecule has 1 aliphatic rings. The number of carbonyl (C=O) groups excluding carboxylic acids is 1. The Morgan fingerprint density at radius 2 is 2.31 bits per heavy atom. The summed E-state index contributed by atoms with van der Waals surface area (Å²) in [5, 5.41) is 11.7. The highest BCUT2D eigenvalue weighted by molar-refractivity contribution is 5.81. The molecule has 1 N–H and O–H groups in total. The number of rotatable bonds is 4. The van der Waals surface area contributed by atoms with Crippen molar-refractivity contribution in [2.75, 3.05) is 13.2 Å². The second-order valence-electron chi connectivity index (χ2n) is 4.72. The minimum atomic E-state index is -0.544. The maximum absolute atomic E-state index is 11.7. The average Bonchev–Trinajstić information content (AvgIpc) is 2.61. The quantitative estimate of drug-likeness (QED) is 0.783. The Morgan fingerprint density at radius 1 is 1.62 bits per heavy atom. The van der Waals surface area contributed by atoms with E-state index in [1.807, 2.05) is 26.8 Å². The molecule has 1 fully saturated rings. The van der Waals surface area contributed by atoms with Crippen molar-refractivity contribution >= 4 is 5.91 Å². The fourth-order valence-corrected chi connectivity index (χ4v) is 1.90. The molecule has 0 spiro atoms. The lowest BCUT2D eigenvalue weighted by atomic mass is 9.96. The van der Waals surface area contributed by atoms with Crippen LogP contribution in [0.3, 0.4) is 0 Å². The number of hydrogen-bond acceptors (Lipinski definition) is 3. The number of nitriles is 1. The van der Waals surface area contributed by atoms with Crippen molar-refractivity contribution in [1.29, 1.82) is 5.26 Å². The Balaban J connectivity index is 2.37. The van der Waals surface area contributed by atoms with E-state index in [4.69, 9.17) is 10.00 Å². The summed E-state index contributed by atoms with van der Waals surface area (Å²) in [4.78, 5) is 11.7. The van der Waals surface area contributed by atoms with Gasteiger partial charge < -0.3 is 10.1 Å². The first-order valence-electron chi connectivity index (χ1n) is 5.85. The van der Waals surface area contributed by atoms with Gasteiger partial charge in [-0.2, -0.15) is 5.26 Å². The van der Waals surface area contributed by atoms with Gasteiger partial charge in [0.15, 0.2) is 0 Å². The maximum atomic E-state index is 11.7. The lowest BCUT2D eigenvalue weighted by molar-refractivity contribution is -0.124. The smallest absolute Gasteiger partial charge is 0.237 e. The number of hydrogen-bond donors (Lipinski definition) is 1. The van der Waals surface area contributed by atoms with Gasteiger partial charge in [0.05, 0.1) is 12.2 Å². The Kier molecular flexibility index (Phi) is 4.75. The van der Waals surface area contributed by atoms with E-state index in [9.17, 15) is 4.79 Å². The Hall–Kier alpha value is -1.08. The van der Waals surface area contributed by atoms with E-state index in [0.717, 1.165) is 13.0 Å². The fourth-order valence-electron chi connectivity index (χ4n) is 1.90. The van der Waals surface area contributed by atoms with Crippen molar-refractivity contribution in [3.63, 3.8) is 0 Å². The van der Waals surface area contributed by atoms with Gasteiger partial charge in [-0.25, -0.2) is 0 Å². The van der Waals surface area contributed by atoms with Gasteiger partial charge in [-0.1, -0.05) is 13.8 Å². The standard InChI is InChI=1S/C12H20N2O2/c1-8(2)11(6-13)12(15)14-7-10-4-5-16-9(10)3/h8-11H,4-5,7H2,1-3H3,(H,14,15). The second-order valence-corrected chi connectivity index (χ2v) is 4.72. The topological polar surface area (TPSA) is 62.1 Å². The Morgan fingerprint density at radius 3 is 2.75 bits per heavy atom. The Bertz CT molecular complexity index is 283. The van der Waals surface area contributed by atoms with Gasteiger partial charge >= 0.3 is 0 Å². The monoisotopic (exact) mass is 224 g/mol. The van der Waals surface area contributed by atoms with Crippen molar-refractivity contribution in [2.24, 2.45) is 17.8 Å². The molecule has 4 nitrogen and oxygen atoms in total. The lowest BCUT2D eigenvalue weighted by Gasteiger charge is -2.17. The molecule has 3 unspecified atom stereocenters. The Labute approximate surface area is 97.0 Å². The normalized spacial score (nSPS) is 26.4. The number of nitrogens with one attached hydrogen (secondary N) is 1. The summed E-state index contributed by atoms with van der Waals surface area (Å²) in [6.45, 7) is 7.18. The van der Waals surface area contributed by atoms with E-state index in [2.05, 4.69) is 5.32 Å². The molecule has 0 aromatic rings. The third-order valence-electron chi connectivity index (χ3n) is 3.16. The molecule has 0 radical (unpaired) electrons. The number of amides is 1. The van der Waals surface area contributed by atoms with Crippen LogP contribution in [0.4, 0.5) is 0 Å². The molecule has 0 saturated carbocycles. The van der Waals surface area contributed by atoms with Crippen LogP contribution in [0.2, 0.25) is 0 Å². The predicted molar refractivity (Wildman–Crippen MR) is 60.5 cm³/mol. The van der Waals surface area contributed by atoms with Crippen LogP contribution < -0.4 is 5.32 Å². The molecule has 0 aliphatic carbocycles. The summed E-state index contributed by atoms with van der Waals surface area (Å²) in [5.74, 6) is -0.257. The van der Waals surface area contributed by atoms with Crippen molar-refractivity contribution in [3.8, 4) is 6.07 Å². The molecule has 0 aromatic carbocycles. The van der Waals surface area contributed by atoms with Gasteiger partial charge in [0.2, 0.25) is 5.91 Å². The number of ether oxygens (including phenoxy) is 1. The van der Waals surface area contributed by atoms with Gasteiger partial charge in [0, 0.05) is 19.1 Å². The summed E-state index contributed by atoms with van der Waals surface area (Å²) in [6.07, 6.45) is 1.19. The van der Waals surface area contributed by atoms with Crippen LogP contribution >= 0.6 is 0 Å². The van der Waals surface area contributed by atoms with Crippen LogP contribution in [0.25, 0.3) is 0 Å². The van der Waals surface area contributed by atoms with Crippen molar-refractivity contribution in [2.45, 2.75) is 33.3 Å². The van der Waals surface area contributed by atoms with Crippen LogP contribution in [0.5, 0.6) is 0 Å². The minimum absolute atomic E-state index is 0.0576. The first-order chi connectivity index (χ1) is 7.56. The van der Waals surface area contributed by atoms with E-state index >= 15 is 0 Å². The number of carbonyl (C=O) groups is 1. The fraction of sp³-hybridized carbons (Fsp3) is 0.833. The van der Waals surface area contributed by atoms with E-state index in [1.165, 1.54) is 0 Å². The zero-order chi connectivity index (χ0) is 12.1. The molecule has 0 aromatic heterocycles. The molecule has 1 amide bonds. The lowest BCUT2D eigenvalue weighted by Crippen LogP contribution is -2.37. The highest BCUT2D eigenvalue weighted by Gasteiger charge is 2.27. The third-order valence-corrected chi connectivity index (χ3v) is 3.16. The summed E-state index contributed by atoms with van der Waals surface area (Å²) in [5.41, 5.74) is 0. The number of nitrogens with zero attached hydrogens (tertiary/aromatic N) is 1. The van der Waals surface area contributed by atoms with E-state index < -0.39 is 5.92 Å². The highest BCUT2D eigenvalue weighted by Crippen LogP contribution is 2.19. The summed E-state index contributed by atoms with van der Waals surface area (Å²) >= 11 is 0. The molecular weight excluding hydrogens is 204 g/mol. The van der Waals surface area contributed by atoms with Gasteiger partial charge in [0.1, 0.15) is 5.92 Å². The molecule has 1 rings (SSSR count). The molecule has 90 valence electrons. The van der Waals surface area contributed by atoms with Crippen LogP contribution in [0, 0.1) is 29.1 Å². The average molecular weight is 224 g/mol. The third kappa shape index (κ3) is 3.21. The zero-order valence-electron chi connectivity index (χ0n) is 10.2. The van der Waals surface area contributed by atoms with Crippen LogP contribution in [-0.4, -0.2) is 25.2 Å². The van der Waals surface area contributed by atoms with E-state index in [1.54, 1.807) is 0 Å². The molecule has 1 heterocycles. The molecule has 1 aliphatic heterocycles. The first-order valence-corrected chi connectivity index (χ1v) is 5.85. The van der Waals surface area contributed by atoms with E-state index in [0.29, 0.717) is 12.5 Å². The molecule has 0 bridgehead atoms. The van der Waals surface area contributed by atoms with Crippen molar-refractivity contribution < 1.29 is 9.53 Å². The van der Waals surface area contributed by atoms with Crippen LogP contribution in [0.1, 0.15) is 27.2 Å². The SMILES string of the molecule is CC(C)C(C#N)C(=O)NCC1CCOC1C. The molecular formula is C12H20N2O2. The maximum Gasteiger partial charge on any atom is 0.237 e. The van der Waals surface area contributed by atoms with Gasteiger partial charge in [-0.15, -0.1) is 0 Å². The highest BCUT2D eigenvalue weighted by atomic mass is 16.5. The molecule has 16 heavy (non-hydrogen) atoms. The molecule has 4 heteroatoms. The van der Waals surface area contributed by atoms with Crippen molar-refractivity contribution in [1.82, 2.24) is 5.32 Å². The van der Waals surface area contributed by atoms with Crippen LogP contribution in [0.15, 0.2) is 0 Å². The summed E-state index contributed by atoms with van der Waals surface area (Å²) in [6, 6.07) is 2.04. The van der Waals surface area contributed by atoms with Gasteiger partial charge in [-0.3, -0.25) is 4.79 Å². The second kappa shape index (κ2) is 5.86. The van der Waals surface area contributed by atoms with E-state index in [-0.39, 0.29) is 17.9 Å². The molecule has 1 saturated heterocycles. The predicted octanol–water partition coefficient (Wildman–Crippen LogP) is 1.32.